The molecule has 7 heteroatoms. The number of amides is 2. The van der Waals surface area contributed by atoms with Crippen molar-refractivity contribution in [3.63, 3.8) is 0 Å². The van der Waals surface area contributed by atoms with Crippen LogP contribution in [0.3, 0.4) is 0 Å². The van der Waals surface area contributed by atoms with Gasteiger partial charge in [-0.15, -0.1) is 0 Å². The Hall–Kier alpha value is -3.09. The second-order valence-corrected chi connectivity index (χ2v) is 6.78. The number of anilines is 1. The predicted octanol–water partition coefficient (Wildman–Crippen LogP) is 3.17. The first-order chi connectivity index (χ1) is 13.3. The van der Waals surface area contributed by atoms with Crippen LogP contribution in [-0.4, -0.2) is 32.6 Å². The molecule has 0 aliphatic rings. The summed E-state index contributed by atoms with van der Waals surface area (Å²) in [4.78, 5) is 24.9. The van der Waals surface area contributed by atoms with Crippen LogP contribution in [0.4, 0.5) is 10.1 Å². The first-order valence-corrected chi connectivity index (χ1v) is 8.84. The Kier molecular flexibility index (Phi) is 6.98. The normalized spacial score (nSPS) is 10.9. The average Bonchev–Trinajstić information content (AvgIpc) is 2.67. The van der Waals surface area contributed by atoms with Gasteiger partial charge in [-0.2, -0.15) is 0 Å². The van der Waals surface area contributed by atoms with Gasteiger partial charge in [0.15, 0.2) is 11.5 Å². The monoisotopic (exact) mass is 388 g/mol. The minimum Gasteiger partial charge on any atom is -0.493 e. The fourth-order valence-electron chi connectivity index (χ4n) is 2.53. The Bertz CT molecular complexity index is 852. The lowest BCUT2D eigenvalue weighted by Gasteiger charge is -2.22. The molecule has 2 amide bonds. The van der Waals surface area contributed by atoms with E-state index in [-0.39, 0.29) is 0 Å². The van der Waals surface area contributed by atoms with Crippen molar-refractivity contribution in [3.8, 4) is 11.5 Å². The molecule has 0 saturated heterocycles. The van der Waals surface area contributed by atoms with Gasteiger partial charge in [0.2, 0.25) is 11.8 Å². The summed E-state index contributed by atoms with van der Waals surface area (Å²) >= 11 is 0. The van der Waals surface area contributed by atoms with Crippen molar-refractivity contribution >= 4 is 17.5 Å². The number of methoxy groups -OCH3 is 2. The molecule has 0 radical (unpaired) electrons. The van der Waals surface area contributed by atoms with E-state index in [4.69, 9.17) is 9.47 Å². The second kappa shape index (κ2) is 9.21. The first kappa shape index (κ1) is 21.2. The van der Waals surface area contributed by atoms with Crippen molar-refractivity contribution in [2.24, 2.45) is 5.41 Å². The van der Waals surface area contributed by atoms with Crippen LogP contribution in [-0.2, 0) is 16.0 Å². The van der Waals surface area contributed by atoms with Crippen LogP contribution in [0.15, 0.2) is 42.5 Å². The van der Waals surface area contributed by atoms with Crippen LogP contribution in [0.2, 0.25) is 0 Å². The van der Waals surface area contributed by atoms with E-state index < -0.39 is 23.0 Å². The van der Waals surface area contributed by atoms with Gasteiger partial charge in [0.25, 0.3) is 0 Å². The van der Waals surface area contributed by atoms with Gasteiger partial charge >= 0.3 is 0 Å². The molecule has 0 saturated carbocycles. The van der Waals surface area contributed by atoms with Crippen molar-refractivity contribution in [1.82, 2.24) is 5.32 Å². The molecule has 0 fully saturated rings. The Balaban J connectivity index is 1.93. The second-order valence-electron chi connectivity index (χ2n) is 6.78. The van der Waals surface area contributed by atoms with Crippen molar-refractivity contribution in [3.05, 3.63) is 53.8 Å². The highest BCUT2D eigenvalue weighted by molar-refractivity contribution is 6.09. The highest BCUT2D eigenvalue weighted by atomic mass is 19.1. The Labute approximate surface area is 164 Å². The molecule has 2 N–H and O–H groups in total. The van der Waals surface area contributed by atoms with Gasteiger partial charge in [0.1, 0.15) is 11.2 Å². The lowest BCUT2D eigenvalue weighted by molar-refractivity contribution is -0.138. The zero-order valence-corrected chi connectivity index (χ0v) is 16.5. The van der Waals surface area contributed by atoms with Crippen LogP contribution in [0, 0.1) is 11.2 Å². The number of hydrogen-bond acceptors (Lipinski definition) is 4. The first-order valence-electron chi connectivity index (χ1n) is 8.84. The quantitative estimate of drug-likeness (QED) is 0.681. The minimum absolute atomic E-state index is 0.302. The zero-order valence-electron chi connectivity index (χ0n) is 16.5. The topological polar surface area (TPSA) is 76.7 Å². The van der Waals surface area contributed by atoms with Crippen molar-refractivity contribution < 1.29 is 23.5 Å². The molecule has 0 heterocycles. The van der Waals surface area contributed by atoms with Gasteiger partial charge in [-0.1, -0.05) is 12.1 Å². The van der Waals surface area contributed by atoms with E-state index in [1.165, 1.54) is 32.0 Å². The van der Waals surface area contributed by atoms with E-state index in [9.17, 15) is 14.0 Å². The van der Waals surface area contributed by atoms with Gasteiger partial charge in [-0.05, 0) is 56.2 Å². The van der Waals surface area contributed by atoms with Crippen molar-refractivity contribution in [1.29, 1.82) is 0 Å². The number of halogens is 1. The predicted molar refractivity (Wildman–Crippen MR) is 105 cm³/mol. The molecule has 6 nitrogen and oxygen atoms in total. The number of nitrogens with one attached hydrogen (secondary N) is 2. The van der Waals surface area contributed by atoms with Gasteiger partial charge in [0.05, 0.1) is 14.2 Å². The largest absolute Gasteiger partial charge is 0.493 e. The number of carbonyl (C=O) groups excluding carboxylic acids is 2. The zero-order chi connectivity index (χ0) is 20.7. The summed E-state index contributed by atoms with van der Waals surface area (Å²) in [5.74, 6) is -0.148. The Morgan fingerprint density at radius 1 is 1.00 bits per heavy atom. The molecule has 2 aromatic rings. The molecule has 0 atom stereocenters. The van der Waals surface area contributed by atoms with Crippen molar-refractivity contribution in [2.75, 3.05) is 26.1 Å². The van der Waals surface area contributed by atoms with Gasteiger partial charge < -0.3 is 20.1 Å². The van der Waals surface area contributed by atoms with Crippen LogP contribution in [0.1, 0.15) is 19.4 Å². The number of benzene rings is 2. The van der Waals surface area contributed by atoms with E-state index in [1.807, 2.05) is 12.1 Å². The highest BCUT2D eigenvalue weighted by Gasteiger charge is 2.35. The maximum Gasteiger partial charge on any atom is 0.239 e. The summed E-state index contributed by atoms with van der Waals surface area (Å²) in [5.41, 5.74) is -0.0552. The third-order valence-corrected chi connectivity index (χ3v) is 4.36. The third-order valence-electron chi connectivity index (χ3n) is 4.36. The maximum absolute atomic E-state index is 13.3. The van der Waals surface area contributed by atoms with Gasteiger partial charge in [0, 0.05) is 12.2 Å². The van der Waals surface area contributed by atoms with Crippen LogP contribution < -0.4 is 20.1 Å². The lowest BCUT2D eigenvalue weighted by Crippen LogP contribution is -2.45. The Morgan fingerprint density at radius 3 is 2.36 bits per heavy atom. The SMILES string of the molecule is COc1ccc(CCNC(=O)C(C)(C)C(=O)Nc2cccc(F)c2)cc1OC. The van der Waals surface area contributed by atoms with E-state index in [2.05, 4.69) is 10.6 Å². The fraction of sp³-hybridized carbons (Fsp3) is 0.333. The van der Waals surface area contributed by atoms with E-state index in [0.29, 0.717) is 30.2 Å². The molecule has 150 valence electrons. The molecule has 0 aliphatic heterocycles. The molecule has 2 rings (SSSR count). The molecule has 0 unspecified atom stereocenters. The Morgan fingerprint density at radius 2 is 1.71 bits per heavy atom. The molecular weight excluding hydrogens is 363 g/mol. The summed E-state index contributed by atoms with van der Waals surface area (Å²) in [7, 11) is 3.12. The van der Waals surface area contributed by atoms with E-state index in [1.54, 1.807) is 26.4 Å². The molecule has 0 aliphatic carbocycles. The molecule has 0 aromatic heterocycles. The van der Waals surface area contributed by atoms with Gasteiger partial charge in [-0.3, -0.25) is 9.59 Å². The smallest absolute Gasteiger partial charge is 0.239 e. The van der Waals surface area contributed by atoms with E-state index >= 15 is 0 Å². The average molecular weight is 388 g/mol. The molecule has 0 bridgehead atoms. The summed E-state index contributed by atoms with van der Waals surface area (Å²) < 4.78 is 23.7. The molecule has 2 aromatic carbocycles. The molecule has 0 spiro atoms. The number of rotatable bonds is 8. The standard InChI is InChI=1S/C21H25FN2O4/c1-21(2,20(26)24-16-7-5-6-15(22)13-16)19(25)23-11-10-14-8-9-17(27-3)18(12-14)28-4/h5-9,12-13H,10-11H2,1-4H3,(H,23,25)(H,24,26). The number of carbonyl (C=O) groups is 2. The molecule has 28 heavy (non-hydrogen) atoms. The van der Waals surface area contributed by atoms with Crippen LogP contribution in [0.25, 0.3) is 0 Å². The number of ether oxygens (including phenoxy) is 2. The lowest BCUT2D eigenvalue weighted by atomic mass is 9.91. The summed E-state index contributed by atoms with van der Waals surface area (Å²) in [6, 6.07) is 11.0. The van der Waals surface area contributed by atoms with Crippen LogP contribution >= 0.6 is 0 Å². The molecular formula is C21H25FN2O4. The maximum atomic E-state index is 13.3. The summed E-state index contributed by atoms with van der Waals surface area (Å²) in [6.45, 7) is 3.39. The van der Waals surface area contributed by atoms with Crippen molar-refractivity contribution in [2.45, 2.75) is 20.3 Å². The summed E-state index contributed by atoms with van der Waals surface area (Å²) in [6.07, 6.45) is 0.563. The summed E-state index contributed by atoms with van der Waals surface area (Å²) in [5, 5.41) is 5.34. The third kappa shape index (κ3) is 5.22. The van der Waals surface area contributed by atoms with E-state index in [0.717, 1.165) is 5.56 Å². The minimum atomic E-state index is -1.32. The fourth-order valence-corrected chi connectivity index (χ4v) is 2.53. The number of hydrogen-bond donors (Lipinski definition) is 2. The van der Waals surface area contributed by atoms with Crippen LogP contribution in [0.5, 0.6) is 11.5 Å². The van der Waals surface area contributed by atoms with Gasteiger partial charge in [-0.25, -0.2) is 4.39 Å². The highest BCUT2D eigenvalue weighted by Crippen LogP contribution is 2.27.